The minimum atomic E-state index is -2.21. The van der Waals surface area contributed by atoms with E-state index in [-0.39, 0.29) is 12.5 Å². The van der Waals surface area contributed by atoms with Gasteiger partial charge in [0.2, 0.25) is 5.91 Å². The summed E-state index contributed by atoms with van der Waals surface area (Å²) in [5.41, 5.74) is 2.38. The molecular weight excluding hydrogens is 534 g/mol. The van der Waals surface area contributed by atoms with Crippen molar-refractivity contribution in [1.29, 1.82) is 0 Å². The number of benzene rings is 1. The molecule has 2 fully saturated rings. The molecule has 0 radical (unpaired) electrons. The van der Waals surface area contributed by atoms with Crippen LogP contribution in [-0.2, 0) is 25.6 Å². The van der Waals surface area contributed by atoms with Gasteiger partial charge in [-0.2, -0.15) is 0 Å². The Balaban J connectivity index is 1.77. The van der Waals surface area contributed by atoms with Crippen molar-refractivity contribution in [2.75, 3.05) is 33.5 Å². The summed E-state index contributed by atoms with van der Waals surface area (Å²) < 4.78 is 20.0. The first kappa shape index (κ1) is 30.3. The van der Waals surface area contributed by atoms with E-state index in [1.807, 2.05) is 38.1 Å². The van der Waals surface area contributed by atoms with Crippen LogP contribution in [0.2, 0.25) is 0 Å². The third kappa shape index (κ3) is 5.05. The van der Waals surface area contributed by atoms with Crippen LogP contribution in [0.3, 0.4) is 0 Å². The van der Waals surface area contributed by atoms with E-state index in [0.29, 0.717) is 38.5 Å². The topological polar surface area (TPSA) is 93.5 Å². The number of carbonyl (C=O) groups is 2. The maximum atomic E-state index is 14.3. The molecule has 3 aliphatic heterocycles. The highest BCUT2D eigenvalue weighted by Gasteiger charge is 2.66. The van der Waals surface area contributed by atoms with Crippen LogP contribution in [0.25, 0.3) is 10.9 Å². The van der Waals surface area contributed by atoms with E-state index in [2.05, 4.69) is 31.4 Å². The van der Waals surface area contributed by atoms with Gasteiger partial charge >= 0.3 is 0 Å². The van der Waals surface area contributed by atoms with E-state index < -0.39 is 29.8 Å². The Morgan fingerprint density at radius 1 is 1.12 bits per heavy atom. The lowest BCUT2D eigenvalue weighted by molar-refractivity contribution is -0.238. The number of amides is 2. The first-order chi connectivity index (χ1) is 20.1. The molecule has 2 aromatic rings. The van der Waals surface area contributed by atoms with Gasteiger partial charge in [0.05, 0.1) is 37.6 Å². The number of hydrogen-bond acceptors (Lipinski definition) is 6. The van der Waals surface area contributed by atoms with Gasteiger partial charge in [0.15, 0.2) is 0 Å². The van der Waals surface area contributed by atoms with Crippen LogP contribution >= 0.6 is 0 Å². The van der Waals surface area contributed by atoms with Gasteiger partial charge in [-0.3, -0.25) is 14.5 Å². The van der Waals surface area contributed by atoms with Crippen LogP contribution in [0, 0.1) is 0 Å². The number of rotatable bonds is 11. The number of carbonyl (C=O) groups excluding carboxylic acids is 2. The Morgan fingerprint density at radius 2 is 1.90 bits per heavy atom. The highest BCUT2D eigenvalue weighted by Crippen LogP contribution is 2.54. The second-order valence-corrected chi connectivity index (χ2v) is 12.1. The Bertz CT molecular complexity index is 1400. The molecule has 4 heterocycles. The number of allylic oxidation sites excluding steroid dienone is 3. The molecule has 9 heteroatoms. The molecular formula is C33H45N3O6. The van der Waals surface area contributed by atoms with Crippen molar-refractivity contribution in [2.24, 2.45) is 0 Å². The Labute approximate surface area is 248 Å². The molecule has 1 N–H and O–H groups in total. The number of aliphatic hydroxyl groups is 1. The predicted octanol–water partition coefficient (Wildman–Crippen LogP) is 5.03. The quantitative estimate of drug-likeness (QED) is 0.296. The van der Waals surface area contributed by atoms with E-state index >= 15 is 0 Å². The van der Waals surface area contributed by atoms with Crippen LogP contribution < -0.4 is 4.74 Å². The number of ether oxygens (including phenoxy) is 3. The Kier molecular flexibility index (Phi) is 8.83. The van der Waals surface area contributed by atoms with Crippen molar-refractivity contribution in [1.82, 2.24) is 14.4 Å². The lowest BCUT2D eigenvalue weighted by Crippen LogP contribution is -2.74. The van der Waals surface area contributed by atoms with Gasteiger partial charge in [-0.25, -0.2) is 0 Å². The molecule has 228 valence electrons. The minimum Gasteiger partial charge on any atom is -0.497 e. The smallest absolute Gasteiger partial charge is 0.279 e. The highest BCUT2D eigenvalue weighted by molar-refractivity contribution is 6.02. The van der Waals surface area contributed by atoms with Gasteiger partial charge in [0.1, 0.15) is 17.9 Å². The molecule has 0 saturated carbocycles. The third-order valence-electron chi connectivity index (χ3n) is 8.58. The zero-order valence-electron chi connectivity index (χ0n) is 25.8. The Morgan fingerprint density at radius 3 is 2.60 bits per heavy atom. The number of fused-ring (bicyclic) bond motifs is 5. The second kappa shape index (κ2) is 12.2. The maximum absolute atomic E-state index is 14.3. The van der Waals surface area contributed by atoms with Crippen LogP contribution in [-0.4, -0.2) is 76.5 Å². The zero-order chi connectivity index (χ0) is 30.2. The fourth-order valence-corrected chi connectivity index (χ4v) is 6.63. The Hall–Kier alpha value is -3.14. The summed E-state index contributed by atoms with van der Waals surface area (Å²) in [7, 11) is 1.63. The van der Waals surface area contributed by atoms with Gasteiger partial charge in [0, 0.05) is 36.7 Å². The summed E-state index contributed by atoms with van der Waals surface area (Å²) >= 11 is 0. The molecule has 0 spiro atoms. The summed E-state index contributed by atoms with van der Waals surface area (Å²) in [5, 5.41) is 13.5. The van der Waals surface area contributed by atoms with E-state index in [0.717, 1.165) is 52.6 Å². The SMILES string of the molecule is CCCCOCCOC1c2c(n(CC=C(C)C)c3cc(OC)ccc23)C(C=C(C)C)N2C(=O)C3CCCN3C(=O)C12O. The summed E-state index contributed by atoms with van der Waals surface area (Å²) in [4.78, 5) is 31.6. The monoisotopic (exact) mass is 579 g/mol. The number of nitrogens with zero attached hydrogens (tertiary/aromatic N) is 3. The van der Waals surface area contributed by atoms with Crippen LogP contribution in [0.1, 0.15) is 83.7 Å². The molecule has 3 aliphatic rings. The molecule has 42 heavy (non-hydrogen) atoms. The molecule has 4 atom stereocenters. The summed E-state index contributed by atoms with van der Waals surface area (Å²) in [6.07, 6.45) is 6.29. The van der Waals surface area contributed by atoms with Gasteiger partial charge in [0.25, 0.3) is 11.6 Å². The van der Waals surface area contributed by atoms with E-state index in [1.54, 1.807) is 12.0 Å². The number of unbranched alkanes of at least 4 members (excludes halogenated alkanes) is 1. The molecule has 9 nitrogen and oxygen atoms in total. The van der Waals surface area contributed by atoms with Gasteiger partial charge < -0.3 is 28.8 Å². The van der Waals surface area contributed by atoms with Crippen molar-refractivity contribution in [2.45, 2.75) is 90.8 Å². The van der Waals surface area contributed by atoms with Gasteiger partial charge in [-0.05, 0) is 59.1 Å². The van der Waals surface area contributed by atoms with E-state index in [1.165, 1.54) is 4.90 Å². The van der Waals surface area contributed by atoms with Crippen LogP contribution in [0.15, 0.2) is 41.5 Å². The van der Waals surface area contributed by atoms with Crippen LogP contribution in [0.5, 0.6) is 5.75 Å². The maximum Gasteiger partial charge on any atom is 0.279 e. The van der Waals surface area contributed by atoms with Crippen molar-refractivity contribution in [3.8, 4) is 5.75 Å². The minimum absolute atomic E-state index is 0.166. The van der Waals surface area contributed by atoms with Crippen molar-refractivity contribution >= 4 is 22.7 Å². The lowest BCUT2D eigenvalue weighted by Gasteiger charge is -2.55. The second-order valence-electron chi connectivity index (χ2n) is 12.1. The number of aromatic nitrogens is 1. The van der Waals surface area contributed by atoms with Crippen molar-refractivity contribution in [3.05, 3.63) is 52.8 Å². The molecule has 1 aromatic heterocycles. The fourth-order valence-electron chi connectivity index (χ4n) is 6.63. The molecule has 2 amide bonds. The van der Waals surface area contributed by atoms with Crippen LogP contribution in [0.4, 0.5) is 0 Å². The molecule has 0 bridgehead atoms. The van der Waals surface area contributed by atoms with Crippen molar-refractivity contribution < 1.29 is 28.9 Å². The first-order valence-electron chi connectivity index (χ1n) is 15.2. The van der Waals surface area contributed by atoms with Gasteiger partial charge in [-0.15, -0.1) is 0 Å². The standard InChI is InChI=1S/C33H45N3O6/c1-7-8-16-41-17-18-42-30-28-24-12-11-23(40-6)20-26(24)34(15-13-21(2)3)29(28)27(19-22(4)5)36-31(37)25-10-9-14-35(25)32(38)33(30,36)39/h11-13,19-20,25,27,30,39H,7-10,14-18H2,1-6H3. The van der Waals surface area contributed by atoms with Crippen molar-refractivity contribution in [3.63, 3.8) is 0 Å². The number of methoxy groups -OCH3 is 1. The van der Waals surface area contributed by atoms with E-state index in [4.69, 9.17) is 14.2 Å². The summed E-state index contributed by atoms with van der Waals surface area (Å²) in [5.74, 6) is -0.0225. The highest BCUT2D eigenvalue weighted by atomic mass is 16.5. The lowest BCUT2D eigenvalue weighted by atomic mass is 9.82. The summed E-state index contributed by atoms with van der Waals surface area (Å²) in [6.45, 7) is 12.2. The largest absolute Gasteiger partial charge is 0.497 e. The third-order valence-corrected chi connectivity index (χ3v) is 8.58. The molecule has 0 aliphatic carbocycles. The molecule has 1 aromatic carbocycles. The normalized spacial score (nSPS) is 24.9. The van der Waals surface area contributed by atoms with Gasteiger partial charge in [-0.1, -0.05) is 36.6 Å². The average Bonchev–Trinajstić information content (AvgIpc) is 3.57. The average molecular weight is 580 g/mol. The zero-order valence-corrected chi connectivity index (χ0v) is 25.8. The summed E-state index contributed by atoms with van der Waals surface area (Å²) in [6, 6.07) is 4.57. The first-order valence-corrected chi connectivity index (χ1v) is 15.2. The number of piperazine rings is 1. The molecule has 4 unspecified atom stereocenters. The molecule has 5 rings (SSSR count). The van der Waals surface area contributed by atoms with E-state index in [9.17, 15) is 14.7 Å². The fraction of sp³-hybridized carbons (Fsp3) is 0.576. The predicted molar refractivity (Wildman–Crippen MR) is 161 cm³/mol. The molecule has 2 saturated heterocycles. The number of hydrogen-bond donors (Lipinski definition) is 1.